The molecule has 0 spiro atoms. The van der Waals surface area contributed by atoms with Gasteiger partial charge in [0.15, 0.2) is 5.82 Å². The number of aromatic nitrogens is 2. The number of carboxylic acids is 1. The van der Waals surface area contributed by atoms with Gasteiger partial charge >= 0.3 is 5.97 Å². The Morgan fingerprint density at radius 1 is 1.26 bits per heavy atom. The molecule has 0 fully saturated rings. The molecule has 0 bridgehead atoms. The van der Waals surface area contributed by atoms with Crippen LogP contribution in [-0.4, -0.2) is 35.1 Å². The van der Waals surface area contributed by atoms with Gasteiger partial charge in [-0.15, -0.1) is 0 Å². The lowest BCUT2D eigenvalue weighted by atomic mass is 10.2. The molecule has 0 aliphatic carbocycles. The molecule has 1 N–H and O–H groups in total. The number of anilines is 1. The van der Waals surface area contributed by atoms with Crippen molar-refractivity contribution in [1.29, 1.82) is 0 Å². The molecular weight excluding hydrogens is 249 g/mol. The molecular formula is C13H12FN3O2. The van der Waals surface area contributed by atoms with Crippen molar-refractivity contribution in [1.82, 2.24) is 9.97 Å². The van der Waals surface area contributed by atoms with Crippen LogP contribution in [0.1, 0.15) is 10.4 Å². The van der Waals surface area contributed by atoms with Crippen LogP contribution in [0.25, 0.3) is 11.4 Å². The number of nitrogens with zero attached hydrogens (tertiary/aromatic N) is 3. The fourth-order valence-electron chi connectivity index (χ4n) is 1.60. The number of hydrogen-bond donors (Lipinski definition) is 1. The van der Waals surface area contributed by atoms with E-state index in [2.05, 4.69) is 9.97 Å². The van der Waals surface area contributed by atoms with E-state index in [9.17, 15) is 9.18 Å². The highest BCUT2D eigenvalue weighted by Gasteiger charge is 2.15. The molecule has 0 aliphatic rings. The number of hydrogen-bond acceptors (Lipinski definition) is 4. The van der Waals surface area contributed by atoms with Crippen molar-refractivity contribution >= 4 is 11.8 Å². The topological polar surface area (TPSA) is 66.3 Å². The van der Waals surface area contributed by atoms with Crippen molar-refractivity contribution in [2.75, 3.05) is 19.0 Å². The quantitative estimate of drug-likeness (QED) is 0.915. The molecule has 1 aromatic carbocycles. The molecule has 0 atom stereocenters. The predicted octanol–water partition coefficient (Wildman–Crippen LogP) is 2.05. The van der Waals surface area contributed by atoms with Gasteiger partial charge in [-0.25, -0.2) is 19.2 Å². The standard InChI is InChI=1S/C13H12FN3O2/c1-17(2)12-10(13(18)19)7-15-11(16-12)8-3-5-9(14)6-4-8/h3-7H,1-2H3,(H,18,19). The molecule has 6 heteroatoms. The van der Waals surface area contributed by atoms with Crippen LogP contribution >= 0.6 is 0 Å². The minimum absolute atomic E-state index is 0.0239. The SMILES string of the molecule is CN(C)c1nc(-c2ccc(F)cc2)ncc1C(=O)O. The predicted molar refractivity (Wildman–Crippen MR) is 68.7 cm³/mol. The Hall–Kier alpha value is -2.50. The second-order valence-corrected chi connectivity index (χ2v) is 4.14. The minimum Gasteiger partial charge on any atom is -0.477 e. The summed E-state index contributed by atoms with van der Waals surface area (Å²) in [4.78, 5) is 20.9. The summed E-state index contributed by atoms with van der Waals surface area (Å²) in [5, 5.41) is 9.06. The van der Waals surface area contributed by atoms with E-state index in [1.54, 1.807) is 31.1 Å². The number of halogens is 1. The Balaban J connectivity index is 2.52. The summed E-state index contributed by atoms with van der Waals surface area (Å²) in [5.41, 5.74) is 0.650. The lowest BCUT2D eigenvalue weighted by Gasteiger charge is -2.14. The third-order valence-electron chi connectivity index (χ3n) is 2.53. The zero-order valence-corrected chi connectivity index (χ0v) is 10.5. The minimum atomic E-state index is -1.09. The van der Waals surface area contributed by atoms with Gasteiger partial charge in [0.25, 0.3) is 0 Å². The van der Waals surface area contributed by atoms with E-state index in [-0.39, 0.29) is 11.4 Å². The zero-order valence-electron chi connectivity index (χ0n) is 10.5. The lowest BCUT2D eigenvalue weighted by molar-refractivity contribution is 0.0697. The second-order valence-electron chi connectivity index (χ2n) is 4.14. The number of carbonyl (C=O) groups is 1. The van der Waals surface area contributed by atoms with Crippen molar-refractivity contribution < 1.29 is 14.3 Å². The largest absolute Gasteiger partial charge is 0.477 e. The Morgan fingerprint density at radius 3 is 2.42 bits per heavy atom. The molecule has 2 aromatic rings. The fraction of sp³-hybridized carbons (Fsp3) is 0.154. The fourth-order valence-corrected chi connectivity index (χ4v) is 1.60. The summed E-state index contributed by atoms with van der Waals surface area (Å²) in [6, 6.07) is 5.70. The maximum atomic E-state index is 12.9. The van der Waals surface area contributed by atoms with Crippen molar-refractivity contribution in [2.45, 2.75) is 0 Å². The Kier molecular flexibility index (Phi) is 3.41. The van der Waals surface area contributed by atoms with Crippen LogP contribution in [0.2, 0.25) is 0 Å². The molecule has 2 rings (SSSR count). The van der Waals surface area contributed by atoms with Gasteiger partial charge in [0.05, 0.1) is 0 Å². The van der Waals surface area contributed by atoms with Crippen molar-refractivity contribution in [3.8, 4) is 11.4 Å². The Labute approximate surface area is 109 Å². The van der Waals surface area contributed by atoms with Gasteiger partial charge < -0.3 is 10.0 Å². The number of carboxylic acid groups (broad SMARTS) is 1. The maximum Gasteiger partial charge on any atom is 0.341 e. The summed E-state index contributed by atoms with van der Waals surface area (Å²) in [6.07, 6.45) is 1.25. The third-order valence-corrected chi connectivity index (χ3v) is 2.53. The monoisotopic (exact) mass is 261 g/mol. The first-order valence-corrected chi connectivity index (χ1v) is 5.52. The van der Waals surface area contributed by atoms with Gasteiger partial charge in [-0.1, -0.05) is 0 Å². The number of rotatable bonds is 3. The summed E-state index contributed by atoms with van der Waals surface area (Å²) in [6.45, 7) is 0. The molecule has 0 aliphatic heterocycles. The average molecular weight is 261 g/mol. The molecule has 0 unspecified atom stereocenters. The van der Waals surface area contributed by atoms with Gasteiger partial charge in [0, 0.05) is 25.9 Å². The van der Waals surface area contributed by atoms with Crippen LogP contribution in [0, 0.1) is 5.82 Å². The summed E-state index contributed by atoms with van der Waals surface area (Å²) in [5.74, 6) is -0.774. The first-order chi connectivity index (χ1) is 8.99. The van der Waals surface area contributed by atoms with E-state index in [4.69, 9.17) is 5.11 Å². The van der Waals surface area contributed by atoms with Crippen LogP contribution in [0.15, 0.2) is 30.5 Å². The van der Waals surface area contributed by atoms with E-state index in [0.717, 1.165) is 0 Å². The Morgan fingerprint density at radius 2 is 1.89 bits per heavy atom. The van der Waals surface area contributed by atoms with E-state index in [0.29, 0.717) is 17.2 Å². The highest BCUT2D eigenvalue weighted by molar-refractivity contribution is 5.93. The summed E-state index contributed by atoms with van der Waals surface area (Å²) < 4.78 is 12.9. The van der Waals surface area contributed by atoms with Gasteiger partial charge in [0.2, 0.25) is 0 Å². The first-order valence-electron chi connectivity index (χ1n) is 5.52. The lowest BCUT2D eigenvalue weighted by Crippen LogP contribution is -2.16. The molecule has 19 heavy (non-hydrogen) atoms. The van der Waals surface area contributed by atoms with Crippen molar-refractivity contribution in [2.24, 2.45) is 0 Å². The van der Waals surface area contributed by atoms with Crippen LogP contribution in [0.4, 0.5) is 10.2 Å². The van der Waals surface area contributed by atoms with Crippen molar-refractivity contribution in [3.05, 3.63) is 41.8 Å². The maximum absolute atomic E-state index is 12.9. The summed E-state index contributed by atoms with van der Waals surface area (Å²) in [7, 11) is 3.40. The number of aromatic carboxylic acids is 1. The normalized spacial score (nSPS) is 10.3. The molecule has 5 nitrogen and oxygen atoms in total. The highest BCUT2D eigenvalue weighted by atomic mass is 19.1. The van der Waals surface area contributed by atoms with E-state index < -0.39 is 5.97 Å². The van der Waals surface area contributed by atoms with Crippen molar-refractivity contribution in [3.63, 3.8) is 0 Å². The third kappa shape index (κ3) is 2.67. The van der Waals surface area contributed by atoms with Crippen LogP contribution < -0.4 is 4.90 Å². The average Bonchev–Trinajstić information content (AvgIpc) is 2.38. The molecule has 0 radical (unpaired) electrons. The first kappa shape index (κ1) is 12.9. The van der Waals surface area contributed by atoms with Crippen LogP contribution in [0.5, 0.6) is 0 Å². The molecule has 1 aromatic heterocycles. The number of benzene rings is 1. The second kappa shape index (κ2) is 5.01. The highest BCUT2D eigenvalue weighted by Crippen LogP contribution is 2.21. The summed E-state index contributed by atoms with van der Waals surface area (Å²) >= 11 is 0. The van der Waals surface area contributed by atoms with Gasteiger partial charge in [0.1, 0.15) is 17.2 Å². The smallest absolute Gasteiger partial charge is 0.341 e. The van der Waals surface area contributed by atoms with E-state index >= 15 is 0 Å². The molecule has 0 amide bonds. The van der Waals surface area contributed by atoms with Crippen LogP contribution in [-0.2, 0) is 0 Å². The molecule has 0 saturated carbocycles. The Bertz CT molecular complexity index is 612. The van der Waals surface area contributed by atoms with Gasteiger partial charge in [-0.05, 0) is 24.3 Å². The van der Waals surface area contributed by atoms with E-state index in [1.807, 2.05) is 0 Å². The van der Waals surface area contributed by atoms with Crippen LogP contribution in [0.3, 0.4) is 0 Å². The zero-order chi connectivity index (χ0) is 14.0. The van der Waals surface area contributed by atoms with Gasteiger partial charge in [-0.3, -0.25) is 0 Å². The molecule has 1 heterocycles. The van der Waals surface area contributed by atoms with Gasteiger partial charge in [-0.2, -0.15) is 0 Å². The molecule has 98 valence electrons. The van der Waals surface area contributed by atoms with E-state index in [1.165, 1.54) is 18.3 Å². The molecule has 0 saturated heterocycles.